The Morgan fingerprint density at radius 3 is 1.64 bits per heavy atom. The highest BCUT2D eigenvalue weighted by Crippen LogP contribution is 2.30. The number of benzene rings is 1. The first-order valence-corrected chi connectivity index (χ1v) is 32.4. The van der Waals surface area contributed by atoms with Crippen LogP contribution in [0.5, 0.6) is 0 Å². The molecule has 28 heteroatoms. The highest BCUT2D eigenvalue weighted by molar-refractivity contribution is 7.17. The van der Waals surface area contributed by atoms with Gasteiger partial charge in [0.25, 0.3) is 0 Å². The lowest BCUT2D eigenvalue weighted by molar-refractivity contribution is -0.157. The first-order valence-electron chi connectivity index (χ1n) is 31.5. The Morgan fingerprint density at radius 1 is 0.644 bits per heavy atom. The minimum Gasteiger partial charge on any atom is -0.458 e. The van der Waals surface area contributed by atoms with Crippen molar-refractivity contribution < 1.29 is 72.5 Å². The van der Waals surface area contributed by atoms with Gasteiger partial charge >= 0.3 is 5.97 Å². The lowest BCUT2D eigenvalue weighted by Crippen LogP contribution is -2.64. The number of aliphatic hydroxyl groups excluding tert-OH is 2. The molecule has 2 heterocycles. The number of nitrogens with one attached hydrogen (secondary N) is 11. The van der Waals surface area contributed by atoms with Crippen LogP contribution in [0.15, 0.2) is 29.6 Å². The minimum atomic E-state index is -1.80. The van der Waals surface area contributed by atoms with Gasteiger partial charge in [-0.25, -0.2) is 4.79 Å². The van der Waals surface area contributed by atoms with Gasteiger partial charge < -0.3 is 79.2 Å². The van der Waals surface area contributed by atoms with E-state index in [1.807, 2.05) is 29.6 Å². The summed E-state index contributed by atoms with van der Waals surface area (Å²) in [6.07, 6.45) is 2.82. The summed E-state index contributed by atoms with van der Waals surface area (Å²) < 4.78 is 6.85. The van der Waals surface area contributed by atoms with Crippen LogP contribution in [0.4, 0.5) is 0 Å². The van der Waals surface area contributed by atoms with Crippen LogP contribution in [-0.4, -0.2) is 173 Å². The van der Waals surface area contributed by atoms with Crippen LogP contribution in [0.25, 0.3) is 10.1 Å². The van der Waals surface area contributed by atoms with E-state index in [-0.39, 0.29) is 25.7 Å². The zero-order chi connectivity index (χ0) is 67.2. The fourth-order valence-corrected chi connectivity index (χ4v) is 11.7. The summed E-state index contributed by atoms with van der Waals surface area (Å²) in [6, 6.07) is -6.36. The number of esters is 1. The zero-order valence-corrected chi connectivity index (χ0v) is 54.7. The molecule has 2 fully saturated rings. The molecule has 1 saturated carbocycles. The number of amides is 11. The number of thiophene rings is 1. The van der Waals surface area contributed by atoms with Gasteiger partial charge in [0.05, 0.1) is 19.3 Å². The predicted octanol–water partition coefficient (Wildman–Crippen LogP) is 0.00390. The summed E-state index contributed by atoms with van der Waals surface area (Å²) in [5.41, 5.74) is 5.01. The van der Waals surface area contributed by atoms with Crippen LogP contribution in [-0.2, 0) is 68.7 Å². The average molecular weight is 1280 g/mol. The molecule has 1 aromatic carbocycles. The summed E-state index contributed by atoms with van der Waals surface area (Å²) in [4.78, 5) is 167. The number of hydrogen-bond acceptors (Lipinski definition) is 17. The van der Waals surface area contributed by atoms with Crippen molar-refractivity contribution in [2.24, 2.45) is 29.4 Å². The maximum Gasteiger partial charge on any atom is 0.329 e. The maximum atomic E-state index is 14.5. The Balaban J connectivity index is 1.52. The molecule has 1 saturated heterocycles. The number of cyclic esters (lactones) is 1. The van der Waals surface area contributed by atoms with Crippen molar-refractivity contribution in [3.8, 4) is 0 Å². The first kappa shape index (κ1) is 75.2. The molecule has 2 aromatic rings. The molecule has 0 unspecified atom stereocenters. The van der Waals surface area contributed by atoms with Gasteiger partial charge in [-0.1, -0.05) is 125 Å². The Labute approximate surface area is 530 Å². The number of aliphatic hydroxyl groups is 2. The van der Waals surface area contributed by atoms with Crippen molar-refractivity contribution in [1.82, 2.24) is 58.5 Å². The van der Waals surface area contributed by atoms with Gasteiger partial charge in [0, 0.05) is 11.1 Å². The highest BCUT2D eigenvalue weighted by atomic mass is 32.1. The number of rotatable bonds is 30. The topological polar surface area (TPSA) is 413 Å². The van der Waals surface area contributed by atoms with Gasteiger partial charge in [0.15, 0.2) is 0 Å². The lowest BCUT2D eigenvalue weighted by atomic mass is 9.87. The van der Waals surface area contributed by atoms with E-state index in [4.69, 9.17) is 10.5 Å². The molecule has 1 aromatic heterocycles. The van der Waals surface area contributed by atoms with Crippen LogP contribution < -0.4 is 64.2 Å². The zero-order valence-electron chi connectivity index (χ0n) is 53.8. The molecule has 1 aliphatic heterocycles. The van der Waals surface area contributed by atoms with E-state index in [1.165, 1.54) is 25.2 Å². The Kier molecular flexibility index (Phi) is 30.0. The standard InChI is InChI=1S/C62H98N12O15S/c1-12-32(5)46(70-53(80)41(64-11)28-38-31-90-44-23-19-18-22-39(38)44)56(83)67-42(29-75)54(81)66-40(24-25-45(63)77)52(79)69-48(34(7)14-3)58(85)71-47(33(6)13-2)57(84)68-43(30-76)55(82)72-50-37(10)89-60(87)49(35(8)15-4)73-61(88)62(26-20-16-17-21-27-62)74-51(78)36(9)65-59(50)86/h18-19,22-23,31-37,40-43,46-50,64,75-76H,12-17,20-21,24-30H2,1-11H3,(H2,63,77)(H,65,86)(H,66,81)(H,67,83)(H,68,84)(H,69,79)(H,70,80)(H,71,85)(H,72,82)(H,73,88)(H,74,78)/t32-,33-,34-,35-,36-,37-,40+,41+,42-,43-,46-,47-,48+,49-,50+/m0/s1. The maximum absolute atomic E-state index is 14.5. The Hall–Kier alpha value is -7.30. The molecule has 90 heavy (non-hydrogen) atoms. The summed E-state index contributed by atoms with van der Waals surface area (Å²) in [5.74, 6) is -12.6. The molecular weight excluding hydrogens is 1180 g/mol. The summed E-state index contributed by atoms with van der Waals surface area (Å²) in [5, 5.41) is 53.2. The van der Waals surface area contributed by atoms with Crippen molar-refractivity contribution >= 4 is 92.4 Å². The smallest absolute Gasteiger partial charge is 0.329 e. The number of carbonyl (C=O) groups excluding carboxylic acids is 12. The van der Waals surface area contributed by atoms with E-state index in [0.717, 1.165) is 28.5 Å². The van der Waals surface area contributed by atoms with E-state index in [0.29, 0.717) is 32.1 Å². The number of carbonyl (C=O) groups is 12. The fraction of sp³-hybridized carbons (Fsp3) is 0.677. The summed E-state index contributed by atoms with van der Waals surface area (Å²) in [6.45, 7) is 14.4. The quantitative estimate of drug-likeness (QED) is 0.0458. The number of hydrogen-bond donors (Lipinski definition) is 14. The molecule has 1 aliphatic carbocycles. The first-order chi connectivity index (χ1) is 42.6. The molecule has 502 valence electrons. The third-order valence-corrected chi connectivity index (χ3v) is 18.6. The predicted molar refractivity (Wildman–Crippen MR) is 336 cm³/mol. The van der Waals surface area contributed by atoms with Crippen molar-refractivity contribution in [1.29, 1.82) is 0 Å². The Bertz CT molecular complexity index is 2830. The van der Waals surface area contributed by atoms with E-state index < -0.39 is 193 Å². The number of fused-ring (bicyclic) bond motifs is 1. The molecule has 0 bridgehead atoms. The van der Waals surface area contributed by atoms with Crippen molar-refractivity contribution in [3.05, 3.63) is 35.2 Å². The van der Waals surface area contributed by atoms with Gasteiger partial charge in [0.1, 0.15) is 66.0 Å². The molecule has 1 spiro atoms. The number of primary amides is 1. The largest absolute Gasteiger partial charge is 0.458 e. The fourth-order valence-electron chi connectivity index (χ4n) is 10.7. The second-order valence-electron chi connectivity index (χ2n) is 24.2. The SMILES string of the molecule is CC[C@H](C)[C@H](NC(=O)[C@@H](Cc1csc2ccccc12)NC)C(=O)N[C@@H](CO)C(=O)N[C@H](CCC(N)=O)C(=O)N[C@@H](C(=O)N[C@H](C(=O)N[C@@H](CO)C(=O)N[C@H]1C(=O)N[C@@H](C)C(=O)NC2(CCCCCC2)C(=O)N[C@@H]([C@@H](C)CC)C(=O)O[C@H]1C)[C@@H](C)CC)[C@@H](C)CC. The molecular formula is C62H98N12O15S. The molecule has 11 amide bonds. The monoisotopic (exact) mass is 1280 g/mol. The normalized spacial score (nSPS) is 21.8. The van der Waals surface area contributed by atoms with Crippen molar-refractivity contribution in [3.63, 3.8) is 0 Å². The average Bonchev–Trinajstić information content (AvgIpc) is 1.85. The van der Waals surface area contributed by atoms with Crippen LogP contribution >= 0.6 is 11.3 Å². The number of nitrogens with two attached hydrogens (primary N) is 1. The molecule has 15 atom stereocenters. The molecule has 4 rings (SSSR count). The van der Waals surface area contributed by atoms with Gasteiger partial charge in [-0.2, -0.15) is 0 Å². The number of likely N-dealkylation sites (N-methyl/N-ethyl adjacent to an activating group) is 1. The second-order valence-corrected chi connectivity index (χ2v) is 25.1. The lowest BCUT2D eigenvalue weighted by Gasteiger charge is -2.35. The van der Waals surface area contributed by atoms with Crippen LogP contribution in [0, 0.1) is 23.7 Å². The van der Waals surface area contributed by atoms with E-state index >= 15 is 0 Å². The second kappa shape index (κ2) is 35.9. The van der Waals surface area contributed by atoms with E-state index in [2.05, 4.69) is 58.5 Å². The van der Waals surface area contributed by atoms with E-state index in [1.54, 1.807) is 62.4 Å². The van der Waals surface area contributed by atoms with Gasteiger partial charge in [0.2, 0.25) is 65.0 Å². The van der Waals surface area contributed by atoms with Crippen LogP contribution in [0.3, 0.4) is 0 Å². The third kappa shape index (κ3) is 20.6. The summed E-state index contributed by atoms with van der Waals surface area (Å²) >= 11 is 1.54. The minimum absolute atomic E-state index is 0.267. The summed E-state index contributed by atoms with van der Waals surface area (Å²) in [7, 11) is 1.62. The molecule has 0 radical (unpaired) electrons. The van der Waals surface area contributed by atoms with Crippen LogP contribution in [0.1, 0.15) is 152 Å². The van der Waals surface area contributed by atoms with Gasteiger partial charge in [-0.15, -0.1) is 11.3 Å². The number of ether oxygens (including phenoxy) is 1. The van der Waals surface area contributed by atoms with Crippen molar-refractivity contribution in [2.45, 2.75) is 225 Å². The molecule has 27 nitrogen and oxygen atoms in total. The van der Waals surface area contributed by atoms with E-state index in [9.17, 15) is 67.7 Å². The highest BCUT2D eigenvalue weighted by Gasteiger charge is 2.46. The van der Waals surface area contributed by atoms with Gasteiger partial charge in [-0.3, -0.25) is 52.7 Å². The van der Waals surface area contributed by atoms with Gasteiger partial charge in [-0.05, 0) is 92.6 Å². The van der Waals surface area contributed by atoms with Crippen LogP contribution in [0.2, 0.25) is 0 Å². The van der Waals surface area contributed by atoms with Crippen molar-refractivity contribution in [2.75, 3.05) is 20.3 Å². The molecule has 2 aliphatic rings. The Morgan fingerprint density at radius 2 is 1.13 bits per heavy atom. The molecule has 15 N–H and O–H groups in total. The third-order valence-electron chi connectivity index (χ3n) is 17.6.